The number of benzene rings is 2. The number of carbonyl (C=O) groups excluding carboxylic acids is 2. The lowest BCUT2D eigenvalue weighted by molar-refractivity contribution is -0.384. The van der Waals surface area contributed by atoms with E-state index < -0.39 is 16.4 Å². The summed E-state index contributed by atoms with van der Waals surface area (Å²) in [6.45, 7) is 1.35. The monoisotopic (exact) mass is 400 g/mol. The van der Waals surface area contributed by atoms with E-state index in [0.717, 1.165) is 6.07 Å². The van der Waals surface area contributed by atoms with Crippen LogP contribution in [0.3, 0.4) is 0 Å². The third kappa shape index (κ3) is 3.99. The summed E-state index contributed by atoms with van der Waals surface area (Å²) in [5.41, 5.74) is 0.206. The highest BCUT2D eigenvalue weighted by molar-refractivity contribution is 6.34. The zero-order valence-corrected chi connectivity index (χ0v) is 15.2. The number of non-ortho nitro benzene ring substituents is 1. The molecular formula is C18H13ClN4O5. The zero-order chi connectivity index (χ0) is 20.4. The molecule has 0 saturated heterocycles. The Morgan fingerprint density at radius 2 is 1.86 bits per heavy atom. The van der Waals surface area contributed by atoms with Crippen LogP contribution in [0.5, 0.6) is 0 Å². The molecule has 1 heterocycles. The molecule has 0 aliphatic heterocycles. The first-order valence-electron chi connectivity index (χ1n) is 7.94. The predicted octanol–water partition coefficient (Wildman–Crippen LogP) is 3.30. The normalized spacial score (nSPS) is 10.5. The summed E-state index contributed by atoms with van der Waals surface area (Å²) in [6.07, 6.45) is 0. The van der Waals surface area contributed by atoms with Crippen molar-refractivity contribution in [2.45, 2.75) is 6.92 Å². The molecule has 2 aromatic carbocycles. The summed E-state index contributed by atoms with van der Waals surface area (Å²) >= 11 is 6.14. The van der Waals surface area contributed by atoms with E-state index in [1.54, 1.807) is 6.07 Å². The Hall–Kier alpha value is -3.72. The SMILES string of the molecule is CC(=O)Nc1ccc(NC(=O)c2cc(=O)[nH]c3ccc([N+](=O)[O-])cc23)c(Cl)c1. The highest BCUT2D eigenvalue weighted by Crippen LogP contribution is 2.27. The predicted molar refractivity (Wildman–Crippen MR) is 105 cm³/mol. The molecule has 0 unspecified atom stereocenters. The fraction of sp³-hybridized carbons (Fsp3) is 0.0556. The minimum atomic E-state index is -0.661. The fourth-order valence-electron chi connectivity index (χ4n) is 2.63. The van der Waals surface area contributed by atoms with Crippen LogP contribution in [-0.4, -0.2) is 21.7 Å². The van der Waals surface area contributed by atoms with E-state index >= 15 is 0 Å². The summed E-state index contributed by atoms with van der Waals surface area (Å²) < 4.78 is 0. The molecule has 142 valence electrons. The highest BCUT2D eigenvalue weighted by Gasteiger charge is 2.16. The van der Waals surface area contributed by atoms with Gasteiger partial charge in [-0.05, 0) is 24.3 Å². The van der Waals surface area contributed by atoms with Crippen molar-refractivity contribution in [1.29, 1.82) is 0 Å². The van der Waals surface area contributed by atoms with Crippen LogP contribution in [0.1, 0.15) is 17.3 Å². The number of hydrogen-bond acceptors (Lipinski definition) is 5. The van der Waals surface area contributed by atoms with E-state index in [1.165, 1.54) is 37.3 Å². The highest BCUT2D eigenvalue weighted by atomic mass is 35.5. The molecule has 0 saturated carbocycles. The number of aromatic nitrogens is 1. The first-order valence-corrected chi connectivity index (χ1v) is 8.32. The molecule has 0 bridgehead atoms. The number of hydrogen-bond donors (Lipinski definition) is 3. The first kappa shape index (κ1) is 19.1. The van der Waals surface area contributed by atoms with Gasteiger partial charge in [-0.25, -0.2) is 0 Å². The molecule has 9 nitrogen and oxygen atoms in total. The maximum atomic E-state index is 12.7. The Bertz CT molecular complexity index is 1190. The van der Waals surface area contributed by atoms with E-state index in [1.807, 2.05) is 0 Å². The van der Waals surface area contributed by atoms with Crippen molar-refractivity contribution in [3.05, 3.63) is 73.5 Å². The van der Waals surface area contributed by atoms with Crippen molar-refractivity contribution in [3.63, 3.8) is 0 Å². The second kappa shape index (κ2) is 7.49. The molecule has 3 rings (SSSR count). The molecule has 0 radical (unpaired) electrons. The minimum Gasteiger partial charge on any atom is -0.326 e. The quantitative estimate of drug-likeness (QED) is 0.456. The summed E-state index contributed by atoms with van der Waals surface area (Å²) in [6, 6.07) is 9.35. The number of nitrogens with zero attached hydrogens (tertiary/aromatic N) is 1. The van der Waals surface area contributed by atoms with Crippen LogP contribution >= 0.6 is 11.6 Å². The van der Waals surface area contributed by atoms with Gasteiger partial charge in [0.1, 0.15) is 0 Å². The molecule has 1 aromatic heterocycles. The maximum Gasteiger partial charge on any atom is 0.270 e. The summed E-state index contributed by atoms with van der Waals surface area (Å²) in [5.74, 6) is -0.935. The van der Waals surface area contributed by atoms with E-state index in [4.69, 9.17) is 11.6 Å². The van der Waals surface area contributed by atoms with Crippen molar-refractivity contribution in [3.8, 4) is 0 Å². The smallest absolute Gasteiger partial charge is 0.270 e. The lowest BCUT2D eigenvalue weighted by atomic mass is 10.1. The third-order valence-corrected chi connectivity index (χ3v) is 4.13. The number of nitro groups is 1. The average molecular weight is 401 g/mol. The first-order chi connectivity index (χ1) is 13.2. The van der Waals surface area contributed by atoms with Gasteiger partial charge in [0.25, 0.3) is 11.6 Å². The van der Waals surface area contributed by atoms with Crippen LogP contribution in [0.4, 0.5) is 17.1 Å². The summed E-state index contributed by atoms with van der Waals surface area (Å²) in [5, 5.41) is 16.5. The van der Waals surface area contributed by atoms with Gasteiger partial charge in [-0.3, -0.25) is 24.5 Å². The van der Waals surface area contributed by atoms with Crippen molar-refractivity contribution < 1.29 is 14.5 Å². The van der Waals surface area contributed by atoms with Gasteiger partial charge in [0.2, 0.25) is 11.5 Å². The van der Waals surface area contributed by atoms with Gasteiger partial charge in [0.15, 0.2) is 0 Å². The molecule has 10 heteroatoms. The van der Waals surface area contributed by atoms with Crippen LogP contribution in [-0.2, 0) is 4.79 Å². The molecule has 3 aromatic rings. The third-order valence-electron chi connectivity index (χ3n) is 3.82. The second-order valence-corrected chi connectivity index (χ2v) is 6.27. The van der Waals surface area contributed by atoms with Gasteiger partial charge >= 0.3 is 0 Å². The maximum absolute atomic E-state index is 12.7. The Morgan fingerprint density at radius 3 is 2.50 bits per heavy atom. The number of halogens is 1. The Kier molecular flexibility index (Phi) is 5.10. The lowest BCUT2D eigenvalue weighted by Gasteiger charge is -2.11. The number of amides is 2. The summed E-state index contributed by atoms with van der Waals surface area (Å²) in [4.78, 5) is 48.6. The molecule has 0 aliphatic carbocycles. The van der Waals surface area contributed by atoms with Crippen molar-refractivity contribution >= 4 is 51.4 Å². The average Bonchev–Trinajstić information content (AvgIpc) is 2.62. The van der Waals surface area contributed by atoms with Crippen LogP contribution in [0.2, 0.25) is 5.02 Å². The van der Waals surface area contributed by atoms with Crippen LogP contribution in [0, 0.1) is 10.1 Å². The Balaban J connectivity index is 1.99. The van der Waals surface area contributed by atoms with Gasteiger partial charge in [-0.2, -0.15) is 0 Å². The van der Waals surface area contributed by atoms with Crippen molar-refractivity contribution in [2.75, 3.05) is 10.6 Å². The van der Waals surface area contributed by atoms with Gasteiger partial charge in [0, 0.05) is 41.7 Å². The Labute approximate surface area is 162 Å². The molecule has 0 spiro atoms. The zero-order valence-electron chi connectivity index (χ0n) is 14.4. The van der Waals surface area contributed by atoms with Crippen LogP contribution in [0.25, 0.3) is 10.9 Å². The topological polar surface area (TPSA) is 134 Å². The number of anilines is 2. The lowest BCUT2D eigenvalue weighted by Crippen LogP contribution is -2.17. The number of fused-ring (bicyclic) bond motifs is 1. The van der Waals surface area contributed by atoms with E-state index in [9.17, 15) is 24.5 Å². The van der Waals surface area contributed by atoms with E-state index in [0.29, 0.717) is 5.69 Å². The molecule has 3 N–H and O–H groups in total. The van der Waals surface area contributed by atoms with Gasteiger partial charge < -0.3 is 15.6 Å². The van der Waals surface area contributed by atoms with Gasteiger partial charge in [0.05, 0.1) is 21.2 Å². The van der Waals surface area contributed by atoms with Gasteiger partial charge in [-0.1, -0.05) is 11.6 Å². The molecule has 0 atom stereocenters. The summed E-state index contributed by atoms with van der Waals surface area (Å²) in [7, 11) is 0. The number of rotatable bonds is 4. The number of nitrogens with one attached hydrogen (secondary N) is 3. The second-order valence-electron chi connectivity index (χ2n) is 5.86. The van der Waals surface area contributed by atoms with Crippen LogP contribution < -0.4 is 16.2 Å². The molecule has 28 heavy (non-hydrogen) atoms. The largest absolute Gasteiger partial charge is 0.326 e. The molecular weight excluding hydrogens is 388 g/mol. The van der Waals surface area contributed by atoms with E-state index in [-0.39, 0.29) is 38.8 Å². The standard InChI is InChI=1S/C18H13ClN4O5/c1-9(24)20-10-2-4-16(14(19)6-10)22-18(26)13-8-17(25)21-15-5-3-11(23(27)28)7-12(13)15/h2-8H,1H3,(H,20,24)(H,21,25)(H,22,26). The number of aromatic amines is 1. The number of nitro benzene ring substituents is 1. The van der Waals surface area contributed by atoms with Crippen molar-refractivity contribution in [1.82, 2.24) is 4.98 Å². The fourth-order valence-corrected chi connectivity index (χ4v) is 2.86. The molecule has 0 fully saturated rings. The number of carbonyl (C=O) groups is 2. The van der Waals surface area contributed by atoms with Crippen molar-refractivity contribution in [2.24, 2.45) is 0 Å². The minimum absolute atomic E-state index is 0.0375. The number of H-pyrrole nitrogens is 1. The molecule has 2 amide bonds. The van der Waals surface area contributed by atoms with Crippen LogP contribution in [0.15, 0.2) is 47.3 Å². The number of pyridine rings is 1. The van der Waals surface area contributed by atoms with Gasteiger partial charge in [-0.15, -0.1) is 0 Å². The Morgan fingerprint density at radius 1 is 1.11 bits per heavy atom. The molecule has 0 aliphatic rings. The van der Waals surface area contributed by atoms with E-state index in [2.05, 4.69) is 15.6 Å².